The Morgan fingerprint density at radius 2 is 1.95 bits per heavy atom. The number of hydrogen-bond donors (Lipinski definition) is 1. The van der Waals surface area contributed by atoms with Crippen LogP contribution in [0, 0.1) is 5.41 Å². The van der Waals surface area contributed by atoms with Crippen LogP contribution >= 0.6 is 24.0 Å². The van der Waals surface area contributed by atoms with Crippen molar-refractivity contribution in [3.63, 3.8) is 0 Å². The third-order valence-electron chi connectivity index (χ3n) is 4.69. The average Bonchev–Trinajstić information content (AvgIpc) is 2.87. The van der Waals surface area contributed by atoms with E-state index in [2.05, 4.69) is 17.1 Å². The molecule has 4 nitrogen and oxygen atoms in total. The highest BCUT2D eigenvalue weighted by Gasteiger charge is 2.39. The summed E-state index contributed by atoms with van der Waals surface area (Å²) in [5.74, 6) is 1.09. The van der Waals surface area contributed by atoms with Gasteiger partial charge in [0.05, 0.1) is 13.2 Å². The van der Waals surface area contributed by atoms with E-state index in [1.165, 1.54) is 51.6 Å². The molecule has 1 aliphatic carbocycles. The number of aliphatic imine (C=N–C) groups is 1. The number of rotatable bonds is 5. The zero-order valence-corrected chi connectivity index (χ0v) is 16.0. The van der Waals surface area contributed by atoms with Gasteiger partial charge in [-0.15, -0.1) is 24.0 Å². The minimum atomic E-state index is 0. The van der Waals surface area contributed by atoms with Crippen molar-refractivity contribution in [3.8, 4) is 0 Å². The molecule has 5 heteroatoms. The van der Waals surface area contributed by atoms with Gasteiger partial charge in [-0.25, -0.2) is 0 Å². The summed E-state index contributed by atoms with van der Waals surface area (Å²) < 4.78 is 5.38. The van der Waals surface area contributed by atoms with Crippen molar-refractivity contribution >= 4 is 29.9 Å². The van der Waals surface area contributed by atoms with E-state index in [4.69, 9.17) is 9.73 Å². The molecule has 0 amide bonds. The topological polar surface area (TPSA) is 36.9 Å². The smallest absolute Gasteiger partial charge is 0.194 e. The van der Waals surface area contributed by atoms with Gasteiger partial charge in [-0.2, -0.15) is 0 Å². The van der Waals surface area contributed by atoms with Gasteiger partial charge < -0.3 is 15.0 Å². The van der Waals surface area contributed by atoms with Crippen molar-refractivity contribution < 1.29 is 4.74 Å². The fraction of sp³-hybridized carbons (Fsp3) is 0.938. The first-order valence-corrected chi connectivity index (χ1v) is 8.41. The van der Waals surface area contributed by atoms with Gasteiger partial charge in [0.25, 0.3) is 0 Å². The summed E-state index contributed by atoms with van der Waals surface area (Å²) in [6, 6.07) is 0. The molecule has 0 bridgehead atoms. The quantitative estimate of drug-likeness (QED) is 0.328. The Kier molecular flexibility index (Phi) is 8.94. The fourth-order valence-electron chi connectivity index (χ4n) is 3.61. The van der Waals surface area contributed by atoms with Crippen molar-refractivity contribution in [3.05, 3.63) is 0 Å². The van der Waals surface area contributed by atoms with Crippen LogP contribution < -0.4 is 5.32 Å². The van der Waals surface area contributed by atoms with E-state index in [1.807, 2.05) is 6.92 Å². The molecule has 2 fully saturated rings. The van der Waals surface area contributed by atoms with Crippen LogP contribution in [0.1, 0.15) is 52.4 Å². The van der Waals surface area contributed by atoms with Crippen LogP contribution in [0.3, 0.4) is 0 Å². The number of ether oxygens (including phenoxy) is 1. The second-order valence-corrected chi connectivity index (χ2v) is 6.16. The Labute approximate surface area is 147 Å². The second-order valence-electron chi connectivity index (χ2n) is 6.16. The lowest BCUT2D eigenvalue weighted by Gasteiger charge is -2.33. The van der Waals surface area contributed by atoms with Crippen molar-refractivity contribution in [2.75, 3.05) is 39.4 Å². The molecule has 0 aromatic carbocycles. The normalized spacial score (nSPS) is 21.4. The Bertz CT molecular complexity index is 317. The molecular formula is C16H32IN3O. The van der Waals surface area contributed by atoms with Gasteiger partial charge >= 0.3 is 0 Å². The number of halogens is 1. The van der Waals surface area contributed by atoms with Crippen LogP contribution in [0.2, 0.25) is 0 Å². The van der Waals surface area contributed by atoms with Crippen LogP contribution in [0.25, 0.3) is 0 Å². The van der Waals surface area contributed by atoms with E-state index in [9.17, 15) is 0 Å². The predicted molar refractivity (Wildman–Crippen MR) is 99.6 cm³/mol. The van der Waals surface area contributed by atoms with Gasteiger partial charge in [-0.1, -0.05) is 19.3 Å². The highest BCUT2D eigenvalue weighted by molar-refractivity contribution is 14.0. The van der Waals surface area contributed by atoms with Gasteiger partial charge in [-0.3, -0.25) is 4.99 Å². The maximum Gasteiger partial charge on any atom is 0.194 e. The largest absolute Gasteiger partial charge is 0.380 e. The third kappa shape index (κ3) is 5.58. The maximum absolute atomic E-state index is 5.38. The first-order valence-electron chi connectivity index (χ1n) is 8.41. The van der Waals surface area contributed by atoms with Crippen LogP contribution in [0.15, 0.2) is 4.99 Å². The third-order valence-corrected chi connectivity index (χ3v) is 4.69. The van der Waals surface area contributed by atoms with Gasteiger partial charge in [0.1, 0.15) is 0 Å². The summed E-state index contributed by atoms with van der Waals surface area (Å²) in [7, 11) is 0. The zero-order chi connectivity index (χ0) is 14.3. The number of likely N-dealkylation sites (tertiary alicyclic amines) is 1. The molecule has 0 unspecified atom stereocenters. The summed E-state index contributed by atoms with van der Waals surface area (Å²) >= 11 is 0. The van der Waals surface area contributed by atoms with Crippen LogP contribution in [0.5, 0.6) is 0 Å². The lowest BCUT2D eigenvalue weighted by molar-refractivity contribution is 0.155. The Hall–Kier alpha value is -0.0400. The molecule has 0 atom stereocenters. The van der Waals surface area contributed by atoms with Crippen molar-refractivity contribution in [2.24, 2.45) is 10.4 Å². The van der Waals surface area contributed by atoms with E-state index in [1.54, 1.807) is 0 Å². The lowest BCUT2D eigenvalue weighted by atomic mass is 9.73. The van der Waals surface area contributed by atoms with Crippen molar-refractivity contribution in [1.29, 1.82) is 0 Å². The highest BCUT2D eigenvalue weighted by Crippen LogP contribution is 2.43. The molecule has 1 spiro atoms. The first-order chi connectivity index (χ1) is 9.79. The van der Waals surface area contributed by atoms with E-state index in [0.717, 1.165) is 32.3 Å². The molecule has 1 aliphatic heterocycles. The molecule has 124 valence electrons. The molecular weight excluding hydrogens is 377 g/mol. The molecule has 21 heavy (non-hydrogen) atoms. The highest BCUT2D eigenvalue weighted by atomic mass is 127. The molecule has 0 aromatic rings. The molecule has 0 aromatic heterocycles. The first kappa shape index (κ1) is 19.0. The van der Waals surface area contributed by atoms with Crippen LogP contribution in [0.4, 0.5) is 0 Å². The number of hydrogen-bond acceptors (Lipinski definition) is 2. The van der Waals surface area contributed by atoms with Crippen molar-refractivity contribution in [2.45, 2.75) is 52.4 Å². The number of nitrogens with one attached hydrogen (secondary N) is 1. The molecule has 1 N–H and O–H groups in total. The van der Waals surface area contributed by atoms with Crippen molar-refractivity contribution in [1.82, 2.24) is 10.2 Å². The van der Waals surface area contributed by atoms with Crippen LogP contribution in [-0.4, -0.2) is 50.3 Å². The molecule has 1 saturated carbocycles. The Morgan fingerprint density at radius 1 is 1.19 bits per heavy atom. The number of nitrogens with zero attached hydrogens (tertiary/aromatic N) is 2. The molecule has 1 saturated heterocycles. The molecule has 1 heterocycles. The average molecular weight is 409 g/mol. The Morgan fingerprint density at radius 3 is 2.62 bits per heavy atom. The van der Waals surface area contributed by atoms with Crippen LogP contribution in [-0.2, 0) is 4.74 Å². The zero-order valence-electron chi connectivity index (χ0n) is 13.7. The summed E-state index contributed by atoms with van der Waals surface area (Å²) in [6.07, 6.45) is 8.47. The van der Waals surface area contributed by atoms with Gasteiger partial charge in [0, 0.05) is 26.2 Å². The summed E-state index contributed by atoms with van der Waals surface area (Å²) in [5, 5.41) is 3.44. The minimum Gasteiger partial charge on any atom is -0.380 e. The predicted octanol–water partition coefficient (Wildman–Crippen LogP) is 3.26. The summed E-state index contributed by atoms with van der Waals surface area (Å²) in [5.41, 5.74) is 0.592. The fourth-order valence-corrected chi connectivity index (χ4v) is 3.61. The van der Waals surface area contributed by atoms with Gasteiger partial charge in [0.2, 0.25) is 0 Å². The van der Waals surface area contributed by atoms with E-state index < -0.39 is 0 Å². The molecule has 2 rings (SSSR count). The monoisotopic (exact) mass is 409 g/mol. The SMILES string of the molecule is CCNC(=NCCOCC)N1CCC2(CCCCC2)C1.I. The van der Waals surface area contributed by atoms with Gasteiger partial charge in [0.15, 0.2) is 5.96 Å². The second kappa shape index (κ2) is 9.87. The van der Waals surface area contributed by atoms with E-state index in [-0.39, 0.29) is 24.0 Å². The molecule has 0 radical (unpaired) electrons. The lowest BCUT2D eigenvalue weighted by Crippen LogP contribution is -2.41. The minimum absolute atomic E-state index is 0. The van der Waals surface area contributed by atoms with E-state index >= 15 is 0 Å². The maximum atomic E-state index is 5.38. The summed E-state index contributed by atoms with van der Waals surface area (Å²) in [4.78, 5) is 7.19. The molecule has 2 aliphatic rings. The summed E-state index contributed by atoms with van der Waals surface area (Å²) in [6.45, 7) is 9.75. The standard InChI is InChI=1S/C16H31N3O.HI/c1-3-17-15(18-11-13-20-4-2)19-12-10-16(14-19)8-6-5-7-9-16;/h3-14H2,1-2H3,(H,17,18);1H. The van der Waals surface area contributed by atoms with E-state index in [0.29, 0.717) is 5.41 Å². The van der Waals surface area contributed by atoms with Gasteiger partial charge in [-0.05, 0) is 38.5 Å². The number of guanidine groups is 1. The Balaban J connectivity index is 0.00000220.